The topological polar surface area (TPSA) is 94.6 Å². The van der Waals surface area contributed by atoms with E-state index in [2.05, 4.69) is 9.72 Å². The van der Waals surface area contributed by atoms with Crippen LogP contribution in [0.4, 0.5) is 13.2 Å². The van der Waals surface area contributed by atoms with Crippen molar-refractivity contribution >= 4 is 27.5 Å². The number of carbonyl (C=O) groups excluding carboxylic acids is 1. The van der Waals surface area contributed by atoms with Gasteiger partial charge in [0.15, 0.2) is 5.75 Å². The van der Waals surface area contributed by atoms with Gasteiger partial charge in [0, 0.05) is 18.1 Å². The summed E-state index contributed by atoms with van der Waals surface area (Å²) >= 11 is 5.99. The van der Waals surface area contributed by atoms with Crippen LogP contribution in [0.5, 0.6) is 17.2 Å². The SMILES string of the molecule is CS(=O)(=O)NC(=O)c1cc(Cl)c(Oc2cnc(C3CC3)c(OC(F)F)c2)cc1F. The number of nitrogens with one attached hydrogen (secondary N) is 1. The molecule has 3 rings (SSSR count). The Balaban J connectivity index is 1.86. The Morgan fingerprint density at radius 3 is 2.55 bits per heavy atom. The first kappa shape index (κ1) is 21.2. The molecule has 0 spiro atoms. The third kappa shape index (κ3) is 5.51. The second-order valence-corrected chi connectivity index (χ2v) is 8.43. The monoisotopic (exact) mass is 450 g/mol. The molecule has 7 nitrogen and oxygen atoms in total. The average Bonchev–Trinajstić information content (AvgIpc) is 3.41. The van der Waals surface area contributed by atoms with Gasteiger partial charge in [0.1, 0.15) is 17.3 Å². The minimum atomic E-state index is -3.90. The fraction of sp³-hybridized carbons (Fsp3) is 0.294. The van der Waals surface area contributed by atoms with E-state index in [1.54, 1.807) is 4.72 Å². The van der Waals surface area contributed by atoms with Crippen LogP contribution in [0.15, 0.2) is 24.4 Å². The van der Waals surface area contributed by atoms with E-state index >= 15 is 0 Å². The zero-order valence-corrected chi connectivity index (χ0v) is 16.4. The third-order valence-corrected chi connectivity index (χ3v) is 4.66. The number of rotatable bonds is 7. The van der Waals surface area contributed by atoms with Gasteiger partial charge >= 0.3 is 6.61 Å². The first-order chi connectivity index (χ1) is 13.5. The van der Waals surface area contributed by atoms with Crippen molar-refractivity contribution in [2.24, 2.45) is 0 Å². The summed E-state index contributed by atoms with van der Waals surface area (Å²) in [6.07, 6.45) is 3.60. The fourth-order valence-corrected chi connectivity index (χ4v) is 3.13. The van der Waals surface area contributed by atoms with E-state index in [0.29, 0.717) is 5.69 Å². The number of nitrogens with zero attached hydrogens (tertiary/aromatic N) is 1. The number of sulfonamides is 1. The number of hydrogen-bond acceptors (Lipinski definition) is 6. The molecular weight excluding hydrogens is 437 g/mol. The Kier molecular flexibility index (Phi) is 5.90. The van der Waals surface area contributed by atoms with Crippen LogP contribution in [-0.2, 0) is 10.0 Å². The third-order valence-electron chi connectivity index (χ3n) is 3.81. The summed E-state index contributed by atoms with van der Waals surface area (Å²) in [6.45, 7) is -3.06. The number of alkyl halides is 2. The molecule has 1 aliphatic carbocycles. The maximum absolute atomic E-state index is 14.3. The molecule has 0 bridgehead atoms. The van der Waals surface area contributed by atoms with E-state index in [9.17, 15) is 26.4 Å². The number of amides is 1. The highest BCUT2D eigenvalue weighted by Crippen LogP contribution is 2.44. The lowest BCUT2D eigenvalue weighted by atomic mass is 10.2. The maximum Gasteiger partial charge on any atom is 0.387 e. The quantitative estimate of drug-likeness (QED) is 0.688. The second-order valence-electron chi connectivity index (χ2n) is 6.28. The highest BCUT2D eigenvalue weighted by Gasteiger charge is 2.30. The fourth-order valence-electron chi connectivity index (χ4n) is 2.48. The number of pyridine rings is 1. The first-order valence-electron chi connectivity index (χ1n) is 8.17. The minimum Gasteiger partial charge on any atom is -0.454 e. The number of halogens is 4. The van der Waals surface area contributed by atoms with Crippen LogP contribution < -0.4 is 14.2 Å². The summed E-state index contributed by atoms with van der Waals surface area (Å²) in [5.74, 6) is -2.70. The van der Waals surface area contributed by atoms with Crippen molar-refractivity contribution in [3.05, 3.63) is 46.5 Å². The predicted molar refractivity (Wildman–Crippen MR) is 96.6 cm³/mol. The molecule has 1 aliphatic rings. The highest BCUT2D eigenvalue weighted by atomic mass is 35.5. The number of carbonyl (C=O) groups is 1. The van der Waals surface area contributed by atoms with Gasteiger partial charge in [-0.3, -0.25) is 9.78 Å². The zero-order chi connectivity index (χ0) is 21.3. The van der Waals surface area contributed by atoms with E-state index < -0.39 is 33.9 Å². The summed E-state index contributed by atoms with van der Waals surface area (Å²) in [6, 6.07) is 2.84. The molecule has 29 heavy (non-hydrogen) atoms. The lowest BCUT2D eigenvalue weighted by Crippen LogP contribution is -2.30. The van der Waals surface area contributed by atoms with Crippen molar-refractivity contribution in [2.75, 3.05) is 6.26 Å². The number of aromatic nitrogens is 1. The van der Waals surface area contributed by atoms with Gasteiger partial charge < -0.3 is 9.47 Å². The summed E-state index contributed by atoms with van der Waals surface area (Å²) in [7, 11) is -3.90. The lowest BCUT2D eigenvalue weighted by molar-refractivity contribution is -0.0508. The van der Waals surface area contributed by atoms with Crippen LogP contribution in [0.25, 0.3) is 0 Å². The lowest BCUT2D eigenvalue weighted by Gasteiger charge is -2.13. The van der Waals surface area contributed by atoms with Crippen LogP contribution in [0.2, 0.25) is 5.02 Å². The van der Waals surface area contributed by atoms with Gasteiger partial charge in [0.2, 0.25) is 10.0 Å². The Morgan fingerprint density at radius 2 is 1.97 bits per heavy atom. The molecule has 0 unspecified atom stereocenters. The summed E-state index contributed by atoms with van der Waals surface area (Å²) in [5, 5.41) is -0.215. The molecule has 1 saturated carbocycles. The Bertz CT molecular complexity index is 1060. The molecule has 0 radical (unpaired) electrons. The molecule has 0 aliphatic heterocycles. The van der Waals surface area contributed by atoms with Gasteiger partial charge in [-0.25, -0.2) is 17.5 Å². The molecule has 1 heterocycles. The molecule has 1 aromatic heterocycles. The molecule has 0 saturated heterocycles. The largest absolute Gasteiger partial charge is 0.454 e. The smallest absolute Gasteiger partial charge is 0.387 e. The van der Waals surface area contributed by atoms with Gasteiger partial charge in [-0.05, 0) is 18.9 Å². The van der Waals surface area contributed by atoms with Gasteiger partial charge in [-0.2, -0.15) is 8.78 Å². The van der Waals surface area contributed by atoms with Crippen LogP contribution >= 0.6 is 11.6 Å². The van der Waals surface area contributed by atoms with Gasteiger partial charge in [-0.1, -0.05) is 11.6 Å². The summed E-state index contributed by atoms with van der Waals surface area (Å²) in [4.78, 5) is 15.9. The van der Waals surface area contributed by atoms with Crippen molar-refractivity contribution in [1.82, 2.24) is 9.71 Å². The molecule has 156 valence electrons. The van der Waals surface area contributed by atoms with Crippen molar-refractivity contribution in [3.8, 4) is 17.2 Å². The zero-order valence-electron chi connectivity index (χ0n) is 14.8. The normalized spacial score (nSPS) is 14.0. The minimum absolute atomic E-state index is 0.0338. The Hall–Kier alpha value is -2.53. The summed E-state index contributed by atoms with van der Waals surface area (Å²) < 4.78 is 73.3. The van der Waals surface area contributed by atoms with Gasteiger partial charge in [-0.15, -0.1) is 0 Å². The van der Waals surface area contributed by atoms with Crippen molar-refractivity contribution in [3.63, 3.8) is 0 Å². The molecule has 2 aromatic rings. The molecule has 1 amide bonds. The number of ether oxygens (including phenoxy) is 2. The number of benzene rings is 1. The Morgan fingerprint density at radius 1 is 1.28 bits per heavy atom. The number of hydrogen-bond donors (Lipinski definition) is 1. The van der Waals surface area contributed by atoms with Gasteiger partial charge in [0.25, 0.3) is 5.91 Å². The van der Waals surface area contributed by atoms with Crippen LogP contribution in [0.1, 0.15) is 34.8 Å². The van der Waals surface area contributed by atoms with E-state index in [0.717, 1.165) is 31.2 Å². The first-order valence-corrected chi connectivity index (χ1v) is 10.4. The van der Waals surface area contributed by atoms with Crippen molar-refractivity contribution < 1.29 is 35.9 Å². The molecule has 1 aromatic carbocycles. The standard InChI is InChI=1S/C17H14ClF3N2O5S/c1-29(25,26)23-16(24)10-5-11(18)13(6-12(10)19)27-9-4-14(28-17(20)21)15(22-7-9)8-2-3-8/h4-8,17H,2-3H2,1H3,(H,23,24). The molecular formula is C17H14ClF3N2O5S. The van der Waals surface area contributed by atoms with E-state index in [1.165, 1.54) is 12.3 Å². The van der Waals surface area contributed by atoms with E-state index in [-0.39, 0.29) is 28.2 Å². The van der Waals surface area contributed by atoms with Gasteiger partial charge in [0.05, 0.1) is 28.7 Å². The summed E-state index contributed by atoms with van der Waals surface area (Å²) in [5.41, 5.74) is -0.237. The second kappa shape index (κ2) is 8.07. The predicted octanol–water partition coefficient (Wildman–Crippen LogP) is 3.83. The van der Waals surface area contributed by atoms with Crippen molar-refractivity contribution in [1.29, 1.82) is 0 Å². The van der Waals surface area contributed by atoms with E-state index in [1.807, 2.05) is 0 Å². The van der Waals surface area contributed by atoms with E-state index in [4.69, 9.17) is 16.3 Å². The molecule has 1 fully saturated rings. The Labute approximate surface area is 168 Å². The molecule has 1 N–H and O–H groups in total. The van der Waals surface area contributed by atoms with Crippen molar-refractivity contribution in [2.45, 2.75) is 25.4 Å². The maximum atomic E-state index is 14.3. The highest BCUT2D eigenvalue weighted by molar-refractivity contribution is 7.89. The van der Waals surface area contributed by atoms with Crippen LogP contribution in [0, 0.1) is 5.82 Å². The molecule has 0 atom stereocenters. The average molecular weight is 451 g/mol. The molecule has 12 heteroatoms. The van der Waals surface area contributed by atoms with Crippen LogP contribution in [0.3, 0.4) is 0 Å². The van der Waals surface area contributed by atoms with Crippen LogP contribution in [-0.4, -0.2) is 32.2 Å².